The average Bonchev–Trinajstić information content (AvgIpc) is 2.80. The minimum Gasteiger partial charge on any atom is -0.325 e. The van der Waals surface area contributed by atoms with Gasteiger partial charge in [0.2, 0.25) is 5.91 Å². The van der Waals surface area contributed by atoms with Gasteiger partial charge in [0.1, 0.15) is 0 Å². The van der Waals surface area contributed by atoms with Gasteiger partial charge in [-0.1, -0.05) is 39.5 Å². The van der Waals surface area contributed by atoms with Crippen LogP contribution in [0.5, 0.6) is 0 Å². The van der Waals surface area contributed by atoms with Crippen molar-refractivity contribution in [2.24, 2.45) is 11.7 Å². The van der Waals surface area contributed by atoms with Crippen LogP contribution in [0, 0.1) is 5.92 Å². The fourth-order valence-corrected chi connectivity index (χ4v) is 4.25. The fraction of sp³-hybridized carbons (Fsp3) is 0.947. The van der Waals surface area contributed by atoms with Crippen LogP contribution in [0.4, 0.5) is 0 Å². The van der Waals surface area contributed by atoms with Gasteiger partial charge in [-0.3, -0.25) is 10.1 Å². The molecule has 0 aromatic carbocycles. The first-order valence-electron chi connectivity index (χ1n) is 9.96. The van der Waals surface area contributed by atoms with E-state index in [1.165, 1.54) is 0 Å². The normalized spacial score (nSPS) is 26.0. The Bertz CT molecular complexity index is 398. The molecule has 0 aliphatic carbocycles. The van der Waals surface area contributed by atoms with E-state index >= 15 is 0 Å². The van der Waals surface area contributed by atoms with Gasteiger partial charge in [0.15, 0.2) is 0 Å². The van der Waals surface area contributed by atoms with Crippen LogP contribution in [-0.4, -0.2) is 60.1 Å². The molecule has 3 N–H and O–H groups in total. The number of hydrogen-bond donors (Lipinski definition) is 2. The molecule has 5 nitrogen and oxygen atoms in total. The minimum absolute atomic E-state index is 0.0102. The zero-order valence-electron chi connectivity index (χ0n) is 16.2. The van der Waals surface area contributed by atoms with Gasteiger partial charge in [0, 0.05) is 25.7 Å². The minimum atomic E-state index is -0.374. The lowest BCUT2D eigenvalue weighted by Gasteiger charge is -2.38. The summed E-state index contributed by atoms with van der Waals surface area (Å²) in [4.78, 5) is 17.7. The summed E-state index contributed by atoms with van der Waals surface area (Å²) in [6.07, 6.45) is 7.40. The van der Waals surface area contributed by atoms with Crippen molar-refractivity contribution in [1.29, 1.82) is 0 Å². The maximum atomic E-state index is 13.3. The molecular formula is C19H38N4O. The summed E-state index contributed by atoms with van der Waals surface area (Å²) in [6.45, 7) is 9.58. The summed E-state index contributed by atoms with van der Waals surface area (Å²) >= 11 is 0. The molecule has 2 heterocycles. The number of carbonyl (C=O) groups excluding carboxylic acids is 1. The van der Waals surface area contributed by atoms with Crippen LogP contribution in [0.15, 0.2) is 0 Å². The van der Waals surface area contributed by atoms with Crippen molar-refractivity contribution < 1.29 is 4.79 Å². The van der Waals surface area contributed by atoms with Gasteiger partial charge in [0.05, 0.1) is 11.7 Å². The van der Waals surface area contributed by atoms with Crippen molar-refractivity contribution in [2.45, 2.75) is 83.5 Å². The second-order valence-corrected chi connectivity index (χ2v) is 8.11. The van der Waals surface area contributed by atoms with Crippen LogP contribution in [-0.2, 0) is 4.79 Å². The summed E-state index contributed by atoms with van der Waals surface area (Å²) in [6, 6.07) is -0.0388. The Hall–Kier alpha value is -0.650. The molecule has 0 spiro atoms. The Kier molecular flexibility index (Phi) is 7.08. The van der Waals surface area contributed by atoms with E-state index in [4.69, 9.17) is 5.73 Å². The van der Waals surface area contributed by atoms with E-state index in [1.54, 1.807) is 0 Å². The third-order valence-corrected chi connectivity index (χ3v) is 5.76. The van der Waals surface area contributed by atoms with Crippen LogP contribution in [0.25, 0.3) is 0 Å². The van der Waals surface area contributed by atoms with Gasteiger partial charge in [-0.25, -0.2) is 0 Å². The Labute approximate surface area is 148 Å². The first kappa shape index (κ1) is 19.7. The molecule has 0 saturated carbocycles. The predicted octanol–water partition coefficient (Wildman–Crippen LogP) is 2.16. The van der Waals surface area contributed by atoms with Crippen molar-refractivity contribution in [3.05, 3.63) is 0 Å². The highest BCUT2D eigenvalue weighted by Crippen LogP contribution is 2.32. The summed E-state index contributed by atoms with van der Waals surface area (Å²) in [5.41, 5.74) is 5.86. The van der Waals surface area contributed by atoms with Gasteiger partial charge in [-0.2, -0.15) is 0 Å². The van der Waals surface area contributed by atoms with Crippen molar-refractivity contribution in [2.75, 3.05) is 26.7 Å². The van der Waals surface area contributed by atoms with Gasteiger partial charge in [-0.05, 0) is 39.2 Å². The van der Waals surface area contributed by atoms with Crippen LogP contribution >= 0.6 is 0 Å². The van der Waals surface area contributed by atoms with E-state index in [0.29, 0.717) is 5.91 Å². The second kappa shape index (κ2) is 8.63. The first-order valence-corrected chi connectivity index (χ1v) is 9.96. The molecule has 2 aliphatic heterocycles. The molecule has 2 atom stereocenters. The number of rotatable bonds is 10. The van der Waals surface area contributed by atoms with E-state index in [-0.39, 0.29) is 17.7 Å². The molecule has 0 bridgehead atoms. The van der Waals surface area contributed by atoms with E-state index < -0.39 is 0 Å². The molecule has 0 aromatic rings. The monoisotopic (exact) mass is 338 g/mol. The van der Waals surface area contributed by atoms with E-state index in [2.05, 4.69) is 36.0 Å². The fourth-order valence-electron chi connectivity index (χ4n) is 4.25. The average molecular weight is 339 g/mol. The molecule has 2 unspecified atom stereocenters. The zero-order valence-corrected chi connectivity index (χ0v) is 16.2. The SMILES string of the molecule is CCCCC1(CCCC)NC(C(C)N)N(CCC2CN(C)C2)C1=O. The number of carbonyl (C=O) groups is 1. The number of nitrogens with one attached hydrogen (secondary N) is 1. The maximum Gasteiger partial charge on any atom is 0.244 e. The van der Waals surface area contributed by atoms with E-state index in [9.17, 15) is 4.79 Å². The van der Waals surface area contributed by atoms with Gasteiger partial charge < -0.3 is 15.5 Å². The van der Waals surface area contributed by atoms with Crippen molar-refractivity contribution in [3.8, 4) is 0 Å². The lowest BCUT2D eigenvalue weighted by Crippen LogP contribution is -2.52. The third-order valence-electron chi connectivity index (χ3n) is 5.76. The summed E-state index contributed by atoms with van der Waals surface area (Å²) in [5, 5.41) is 3.68. The van der Waals surface area contributed by atoms with Crippen LogP contribution < -0.4 is 11.1 Å². The molecule has 2 rings (SSSR count). The van der Waals surface area contributed by atoms with Gasteiger partial charge in [0.25, 0.3) is 0 Å². The van der Waals surface area contributed by atoms with E-state index in [1.807, 2.05) is 6.92 Å². The highest BCUT2D eigenvalue weighted by Gasteiger charge is 2.50. The maximum absolute atomic E-state index is 13.3. The lowest BCUT2D eigenvalue weighted by atomic mass is 9.87. The smallest absolute Gasteiger partial charge is 0.244 e. The number of nitrogens with zero attached hydrogens (tertiary/aromatic N) is 2. The van der Waals surface area contributed by atoms with Crippen molar-refractivity contribution >= 4 is 5.91 Å². The number of likely N-dealkylation sites (tertiary alicyclic amines) is 1. The number of nitrogens with two attached hydrogens (primary N) is 1. The predicted molar refractivity (Wildman–Crippen MR) is 99.7 cm³/mol. The largest absolute Gasteiger partial charge is 0.325 e. The molecule has 1 amide bonds. The first-order chi connectivity index (χ1) is 11.4. The topological polar surface area (TPSA) is 61.6 Å². The van der Waals surface area contributed by atoms with Crippen molar-refractivity contribution in [3.63, 3.8) is 0 Å². The van der Waals surface area contributed by atoms with Crippen LogP contribution in [0.2, 0.25) is 0 Å². The number of hydrogen-bond acceptors (Lipinski definition) is 4. The number of unbranched alkanes of at least 4 members (excludes halogenated alkanes) is 2. The zero-order chi connectivity index (χ0) is 17.7. The molecule has 0 radical (unpaired) electrons. The molecule has 24 heavy (non-hydrogen) atoms. The van der Waals surface area contributed by atoms with Gasteiger partial charge >= 0.3 is 0 Å². The molecule has 140 valence electrons. The van der Waals surface area contributed by atoms with Crippen LogP contribution in [0.1, 0.15) is 65.7 Å². The van der Waals surface area contributed by atoms with Gasteiger partial charge in [-0.15, -0.1) is 0 Å². The molecular weight excluding hydrogens is 300 g/mol. The molecule has 2 fully saturated rings. The van der Waals surface area contributed by atoms with Crippen LogP contribution in [0.3, 0.4) is 0 Å². The molecule has 2 saturated heterocycles. The summed E-state index contributed by atoms with van der Waals surface area (Å²) < 4.78 is 0. The Morgan fingerprint density at radius 2 is 1.83 bits per heavy atom. The quantitative estimate of drug-likeness (QED) is 0.641. The second-order valence-electron chi connectivity index (χ2n) is 8.11. The van der Waals surface area contributed by atoms with E-state index in [0.717, 1.165) is 70.5 Å². The number of amides is 1. The van der Waals surface area contributed by atoms with Crippen molar-refractivity contribution in [1.82, 2.24) is 15.1 Å². The lowest BCUT2D eigenvalue weighted by molar-refractivity contribution is -0.134. The Balaban J connectivity index is 2.07. The highest BCUT2D eigenvalue weighted by atomic mass is 16.2. The molecule has 2 aliphatic rings. The standard InChI is InChI=1S/C19H38N4O/c1-5-7-10-19(11-8-6-2)18(24)23(17(21-19)15(3)20)12-9-16-13-22(4)14-16/h15-17,21H,5-14,20H2,1-4H3. The molecule has 5 heteroatoms. The Morgan fingerprint density at radius 3 is 2.29 bits per heavy atom. The summed E-state index contributed by atoms with van der Waals surface area (Å²) in [7, 11) is 2.16. The summed E-state index contributed by atoms with van der Waals surface area (Å²) in [5.74, 6) is 1.04. The Morgan fingerprint density at radius 1 is 1.25 bits per heavy atom. The highest BCUT2D eigenvalue weighted by molar-refractivity contribution is 5.89. The molecule has 0 aromatic heterocycles. The third kappa shape index (κ3) is 4.30.